The first kappa shape index (κ1) is 45.6. The Morgan fingerprint density at radius 1 is 0.592 bits per heavy atom. The molecule has 0 fully saturated rings. The number of aromatic hydroxyl groups is 1. The highest BCUT2D eigenvalue weighted by atomic mass is 32.2. The number of phenolic OH excluding ortho intramolecular Hbond substituents is 1. The molecule has 5 unspecified atom stereocenters. The first-order chi connectivity index (χ1) is 22.2. The fraction of sp³-hybridized carbons (Fsp3) is 0.700. The zero-order valence-corrected chi connectivity index (χ0v) is 34.8. The Morgan fingerprint density at radius 3 is 1.22 bits per heavy atom. The van der Waals surface area contributed by atoms with Crippen molar-refractivity contribution in [2.75, 3.05) is 13.2 Å². The van der Waals surface area contributed by atoms with Gasteiger partial charge in [0, 0.05) is 32.0 Å². The van der Waals surface area contributed by atoms with Crippen LogP contribution in [0.5, 0.6) is 11.5 Å². The van der Waals surface area contributed by atoms with Gasteiger partial charge in [-0.15, -0.1) is 23.5 Å². The van der Waals surface area contributed by atoms with E-state index in [-0.39, 0.29) is 32.3 Å². The van der Waals surface area contributed by atoms with Gasteiger partial charge in [-0.2, -0.15) is 0 Å². The average Bonchev–Trinajstić information content (AvgIpc) is 2.98. The Balaban J connectivity index is 0.00000589. The summed E-state index contributed by atoms with van der Waals surface area (Å²) in [5, 5.41) is 61.4. The van der Waals surface area contributed by atoms with Gasteiger partial charge in [-0.25, -0.2) is 0 Å². The number of phenols is 1. The van der Waals surface area contributed by atoms with Crippen molar-refractivity contribution in [3.63, 3.8) is 0 Å². The van der Waals surface area contributed by atoms with Crippen LogP contribution >= 0.6 is 23.5 Å². The minimum absolute atomic E-state index is 0.226. The van der Waals surface area contributed by atoms with E-state index in [0.717, 1.165) is 38.5 Å². The van der Waals surface area contributed by atoms with Crippen LogP contribution in [0.15, 0.2) is 34.1 Å². The Kier molecular flexibility index (Phi) is 16.2. The molecule has 2 rings (SSSR count). The van der Waals surface area contributed by atoms with Gasteiger partial charge in [-0.3, -0.25) is 0 Å². The van der Waals surface area contributed by atoms with E-state index in [2.05, 4.69) is 121 Å². The van der Waals surface area contributed by atoms with E-state index >= 15 is 0 Å². The Bertz CT molecular complexity index is 1280. The van der Waals surface area contributed by atoms with Crippen LogP contribution in [0, 0.1) is 0 Å². The molecule has 0 aliphatic rings. The van der Waals surface area contributed by atoms with Crippen molar-refractivity contribution in [2.45, 2.75) is 177 Å². The highest BCUT2D eigenvalue weighted by Crippen LogP contribution is 2.52. The SMILES string of the molecule is CC.CCC(C)(Sc1cc(C(C)(C)C)c(O)c(C(C)(C)C)c1)Sc1cc(C(C)(C)C)c(OCC(O)C(O)C(O)C(O)CO)c(C(C)(C)C)c1. The zero-order valence-electron chi connectivity index (χ0n) is 33.1. The standard InChI is InChI=1S/C38H62O7S2.C2H6/c1-15-38(14,46-22-16-24(34(2,3)4)30(42)25(17-22)35(5,6)7)47-23-18-26(36(8,9)10)33(27(19-23)37(11,12)13)45-21-29(41)32(44)31(43)28(40)20-39;1-2/h16-19,28-29,31-32,39-44H,15,20-21H2,1-14H3;1-2H3. The lowest BCUT2D eigenvalue weighted by Gasteiger charge is -2.34. The molecule has 49 heavy (non-hydrogen) atoms. The van der Waals surface area contributed by atoms with Crippen LogP contribution in [-0.4, -0.2) is 72.3 Å². The van der Waals surface area contributed by atoms with Gasteiger partial charge < -0.3 is 35.4 Å². The van der Waals surface area contributed by atoms with Gasteiger partial charge in [-0.1, -0.05) is 104 Å². The minimum Gasteiger partial charge on any atom is -0.507 e. The van der Waals surface area contributed by atoms with Crippen molar-refractivity contribution in [3.05, 3.63) is 46.5 Å². The summed E-state index contributed by atoms with van der Waals surface area (Å²) in [6, 6.07) is 8.57. The Labute approximate surface area is 306 Å². The van der Waals surface area contributed by atoms with E-state index in [9.17, 15) is 25.5 Å². The van der Waals surface area contributed by atoms with Crippen molar-refractivity contribution in [1.82, 2.24) is 0 Å². The topological polar surface area (TPSA) is 131 Å². The lowest BCUT2D eigenvalue weighted by molar-refractivity contribution is -0.121. The van der Waals surface area contributed by atoms with E-state index in [1.165, 1.54) is 0 Å². The van der Waals surface area contributed by atoms with Gasteiger partial charge in [0.1, 0.15) is 42.5 Å². The third kappa shape index (κ3) is 12.3. The second kappa shape index (κ2) is 17.4. The first-order valence-electron chi connectivity index (χ1n) is 17.6. The molecule has 0 bridgehead atoms. The number of thioether (sulfide) groups is 2. The third-order valence-corrected chi connectivity index (χ3v) is 11.3. The molecule has 0 radical (unpaired) electrons. The summed E-state index contributed by atoms with van der Waals surface area (Å²) in [5.41, 5.74) is 2.65. The molecule has 0 saturated heterocycles. The summed E-state index contributed by atoms with van der Waals surface area (Å²) < 4.78 is 6.02. The van der Waals surface area contributed by atoms with Crippen molar-refractivity contribution in [1.29, 1.82) is 0 Å². The molecule has 6 N–H and O–H groups in total. The predicted molar refractivity (Wildman–Crippen MR) is 208 cm³/mol. The van der Waals surface area contributed by atoms with E-state index in [4.69, 9.17) is 9.84 Å². The maximum absolute atomic E-state index is 11.3. The lowest BCUT2D eigenvalue weighted by Crippen LogP contribution is -2.47. The number of benzene rings is 2. The van der Waals surface area contributed by atoms with Crippen LogP contribution in [0.1, 0.15) is 139 Å². The van der Waals surface area contributed by atoms with Crippen LogP contribution in [-0.2, 0) is 21.7 Å². The molecule has 0 saturated carbocycles. The van der Waals surface area contributed by atoms with Crippen LogP contribution in [0.4, 0.5) is 0 Å². The second-order valence-electron chi connectivity index (χ2n) is 17.0. The number of aliphatic hydroxyl groups is 5. The van der Waals surface area contributed by atoms with E-state index in [1.807, 2.05) is 25.6 Å². The largest absolute Gasteiger partial charge is 0.507 e. The van der Waals surface area contributed by atoms with Gasteiger partial charge in [0.25, 0.3) is 0 Å². The minimum atomic E-state index is -1.72. The van der Waals surface area contributed by atoms with Crippen LogP contribution < -0.4 is 4.74 Å². The fourth-order valence-corrected chi connectivity index (χ4v) is 7.97. The molecule has 0 aromatic heterocycles. The summed E-state index contributed by atoms with van der Waals surface area (Å²) in [7, 11) is 0. The van der Waals surface area contributed by atoms with Gasteiger partial charge in [0.15, 0.2) is 0 Å². The molecule has 5 atom stereocenters. The quantitative estimate of drug-likeness (QED) is 0.0944. The molecule has 0 aliphatic carbocycles. The third-order valence-electron chi connectivity index (χ3n) is 8.41. The van der Waals surface area contributed by atoms with E-state index in [1.54, 1.807) is 11.8 Å². The molecule has 0 amide bonds. The van der Waals surface area contributed by atoms with Crippen molar-refractivity contribution < 1.29 is 35.4 Å². The van der Waals surface area contributed by atoms with E-state index < -0.39 is 31.0 Å². The molecular weight excluding hydrogens is 657 g/mol. The summed E-state index contributed by atoms with van der Waals surface area (Å²) in [4.78, 5) is 2.19. The molecule has 7 nitrogen and oxygen atoms in total. The molecular formula is C40H68O7S2. The fourth-order valence-electron chi connectivity index (χ4n) is 5.24. The molecule has 0 spiro atoms. The highest BCUT2D eigenvalue weighted by molar-refractivity contribution is 8.18. The normalized spacial score (nSPS) is 16.6. The second-order valence-corrected chi connectivity index (χ2v) is 20.4. The number of hydrogen-bond donors (Lipinski definition) is 6. The number of rotatable bonds is 12. The molecule has 9 heteroatoms. The Hall–Kier alpha value is -1.46. The maximum atomic E-state index is 11.3. The first-order valence-corrected chi connectivity index (χ1v) is 19.2. The average molecular weight is 725 g/mol. The summed E-state index contributed by atoms with van der Waals surface area (Å²) in [6.07, 6.45) is -5.64. The summed E-state index contributed by atoms with van der Waals surface area (Å²) in [5.74, 6) is 0.990. The number of hydrogen-bond acceptors (Lipinski definition) is 9. The zero-order chi connectivity index (χ0) is 38.5. The summed E-state index contributed by atoms with van der Waals surface area (Å²) in [6.45, 7) is 32.8. The molecule has 0 heterocycles. The predicted octanol–water partition coefficient (Wildman–Crippen LogP) is 8.43. The highest BCUT2D eigenvalue weighted by Gasteiger charge is 2.35. The van der Waals surface area contributed by atoms with Gasteiger partial charge in [0.2, 0.25) is 0 Å². The molecule has 0 aliphatic heterocycles. The smallest absolute Gasteiger partial charge is 0.126 e. The van der Waals surface area contributed by atoms with Crippen LogP contribution in [0.2, 0.25) is 0 Å². The van der Waals surface area contributed by atoms with Crippen molar-refractivity contribution >= 4 is 23.5 Å². The maximum Gasteiger partial charge on any atom is 0.126 e. The van der Waals surface area contributed by atoms with Crippen molar-refractivity contribution in [2.24, 2.45) is 0 Å². The molecule has 2 aromatic rings. The summed E-state index contributed by atoms with van der Waals surface area (Å²) >= 11 is 3.60. The van der Waals surface area contributed by atoms with Crippen molar-refractivity contribution in [3.8, 4) is 11.5 Å². The van der Waals surface area contributed by atoms with Gasteiger partial charge >= 0.3 is 0 Å². The monoisotopic (exact) mass is 724 g/mol. The van der Waals surface area contributed by atoms with Crippen LogP contribution in [0.25, 0.3) is 0 Å². The molecule has 2 aromatic carbocycles. The lowest BCUT2D eigenvalue weighted by atomic mass is 9.79. The Morgan fingerprint density at radius 2 is 0.918 bits per heavy atom. The molecule has 282 valence electrons. The number of aliphatic hydroxyl groups excluding tert-OH is 5. The number of ether oxygens (including phenoxy) is 1. The van der Waals surface area contributed by atoms with Gasteiger partial charge in [0.05, 0.1) is 10.7 Å². The van der Waals surface area contributed by atoms with Crippen LogP contribution in [0.3, 0.4) is 0 Å². The van der Waals surface area contributed by atoms with Gasteiger partial charge in [-0.05, 0) is 59.3 Å². The van der Waals surface area contributed by atoms with E-state index in [0.29, 0.717) is 11.5 Å².